The average molecular weight is 492 g/mol. The Labute approximate surface area is 216 Å². The fourth-order valence-electron chi connectivity index (χ4n) is 6.54. The molecule has 1 aliphatic carbocycles. The number of esters is 1. The number of likely N-dealkylation sites (tertiary alicyclic amines) is 1. The Hall–Kier alpha value is -3.77. The number of ether oxygens (including phenoxy) is 1. The quantitative estimate of drug-likeness (QED) is 0.402. The molecule has 0 radical (unpaired) electrons. The zero-order valence-electron chi connectivity index (χ0n) is 20.6. The summed E-state index contributed by atoms with van der Waals surface area (Å²) in [5, 5.41) is 23.0. The van der Waals surface area contributed by atoms with Crippen LogP contribution < -0.4 is 0 Å². The van der Waals surface area contributed by atoms with Crippen LogP contribution in [0.4, 0.5) is 0 Å². The summed E-state index contributed by atoms with van der Waals surface area (Å²) < 4.78 is 5.34. The molecule has 4 aromatic rings. The Morgan fingerprint density at radius 1 is 0.838 bits per heavy atom. The maximum Gasteiger partial charge on any atom is 0.323 e. The molecular formula is C32H29NO4. The largest absolute Gasteiger partial charge is 0.468 e. The Morgan fingerprint density at radius 2 is 1.35 bits per heavy atom. The molecule has 0 aromatic heterocycles. The van der Waals surface area contributed by atoms with Crippen LogP contribution in [0.15, 0.2) is 109 Å². The number of benzene rings is 4. The van der Waals surface area contributed by atoms with Crippen LogP contribution in [-0.4, -0.2) is 46.9 Å². The van der Waals surface area contributed by atoms with Gasteiger partial charge in [-0.3, -0.25) is 9.69 Å². The zero-order valence-corrected chi connectivity index (χ0v) is 20.6. The molecule has 0 bridgehead atoms. The number of aliphatic hydroxyl groups excluding tert-OH is 2. The first kappa shape index (κ1) is 23.6. The minimum atomic E-state index is -1.05. The normalized spacial score (nSPS) is 22.7. The molecule has 4 aromatic carbocycles. The highest BCUT2D eigenvalue weighted by Crippen LogP contribution is 2.57. The average Bonchev–Trinajstić information content (AvgIpc) is 3.46. The molecule has 1 aliphatic heterocycles. The van der Waals surface area contributed by atoms with E-state index in [0.29, 0.717) is 5.56 Å². The fourth-order valence-corrected chi connectivity index (χ4v) is 6.54. The molecule has 0 unspecified atom stereocenters. The topological polar surface area (TPSA) is 70.0 Å². The van der Waals surface area contributed by atoms with Gasteiger partial charge in [0.15, 0.2) is 0 Å². The summed E-state index contributed by atoms with van der Waals surface area (Å²) in [7, 11) is 1.36. The lowest BCUT2D eigenvalue weighted by Crippen LogP contribution is -2.54. The molecule has 0 saturated carbocycles. The van der Waals surface area contributed by atoms with Gasteiger partial charge in [0.25, 0.3) is 0 Å². The van der Waals surface area contributed by atoms with E-state index in [0.717, 1.165) is 27.8 Å². The Kier molecular flexibility index (Phi) is 5.92. The van der Waals surface area contributed by atoms with Gasteiger partial charge >= 0.3 is 5.97 Å². The number of β-amino-alcohol motifs (C(OH)–C–C–N with tert-alkyl or cyclic N) is 1. The van der Waals surface area contributed by atoms with Gasteiger partial charge in [-0.05, 0) is 33.4 Å². The second-order valence-corrected chi connectivity index (χ2v) is 9.79. The maximum absolute atomic E-state index is 13.6. The minimum absolute atomic E-state index is 0.186. The summed E-state index contributed by atoms with van der Waals surface area (Å²) in [5.74, 6) is -1.26. The van der Waals surface area contributed by atoms with Gasteiger partial charge < -0.3 is 14.9 Å². The lowest BCUT2D eigenvalue weighted by atomic mass is 9.77. The summed E-state index contributed by atoms with van der Waals surface area (Å²) >= 11 is 0. The molecule has 5 heteroatoms. The van der Waals surface area contributed by atoms with Crippen LogP contribution in [0.2, 0.25) is 0 Å². The van der Waals surface area contributed by atoms with E-state index >= 15 is 0 Å². The van der Waals surface area contributed by atoms with Gasteiger partial charge in [0.05, 0.1) is 24.9 Å². The Bertz CT molecular complexity index is 1380. The van der Waals surface area contributed by atoms with Crippen LogP contribution in [0.1, 0.15) is 28.4 Å². The van der Waals surface area contributed by atoms with Crippen molar-refractivity contribution in [2.24, 2.45) is 5.92 Å². The van der Waals surface area contributed by atoms with E-state index in [9.17, 15) is 15.0 Å². The van der Waals surface area contributed by atoms with Gasteiger partial charge in [0, 0.05) is 12.5 Å². The predicted octanol–water partition coefficient (Wildman–Crippen LogP) is 4.53. The molecule has 2 N–H and O–H groups in total. The van der Waals surface area contributed by atoms with Crippen LogP contribution in [0, 0.1) is 5.92 Å². The van der Waals surface area contributed by atoms with Gasteiger partial charge in [0.1, 0.15) is 6.04 Å². The van der Waals surface area contributed by atoms with Crippen LogP contribution in [0.5, 0.6) is 0 Å². The van der Waals surface area contributed by atoms with Gasteiger partial charge in [-0.1, -0.05) is 109 Å². The van der Waals surface area contributed by atoms with E-state index in [4.69, 9.17) is 4.74 Å². The molecule has 6 rings (SSSR count). The Morgan fingerprint density at radius 3 is 1.92 bits per heavy atom. The Balaban J connectivity index is 1.62. The first-order valence-corrected chi connectivity index (χ1v) is 12.6. The first-order valence-electron chi connectivity index (χ1n) is 12.6. The summed E-state index contributed by atoms with van der Waals surface area (Å²) in [6, 6.07) is 34.9. The van der Waals surface area contributed by atoms with Gasteiger partial charge in [-0.25, -0.2) is 0 Å². The lowest BCUT2D eigenvalue weighted by molar-refractivity contribution is -0.151. The maximum atomic E-state index is 13.6. The standard InChI is InChI=1S/C32H29NO4/c1-37-31(36)29-28(30(35)21-12-4-2-5-13-21)27(34)20-33(29)32(22-14-6-3-7-15-22)25-18-10-8-16-23(25)24-17-9-11-19-26(24)32/h2-19,27-30,34-35H,20H2,1H3/t27-,28+,29+,30+/m1/s1. The van der Waals surface area contributed by atoms with E-state index < -0.39 is 35.7 Å². The van der Waals surface area contributed by atoms with Crippen molar-refractivity contribution in [2.45, 2.75) is 23.8 Å². The number of hydrogen-bond donors (Lipinski definition) is 2. The van der Waals surface area contributed by atoms with Crippen LogP contribution >= 0.6 is 0 Å². The second-order valence-electron chi connectivity index (χ2n) is 9.79. The molecule has 37 heavy (non-hydrogen) atoms. The van der Waals surface area contributed by atoms with Crippen molar-refractivity contribution in [1.82, 2.24) is 4.90 Å². The third kappa shape index (κ3) is 3.46. The SMILES string of the molecule is COC(=O)[C@@H]1[C@@H]([C@@H](O)c2ccccc2)[C@H](O)CN1C1(c2ccccc2)c2ccccc2-c2ccccc21. The van der Waals surface area contributed by atoms with Gasteiger partial charge in [-0.2, -0.15) is 0 Å². The number of rotatable bonds is 5. The van der Waals surface area contributed by atoms with Crippen molar-refractivity contribution in [3.05, 3.63) is 131 Å². The van der Waals surface area contributed by atoms with Crippen molar-refractivity contribution in [3.8, 4) is 11.1 Å². The van der Waals surface area contributed by atoms with Crippen molar-refractivity contribution < 1.29 is 19.7 Å². The number of methoxy groups -OCH3 is 1. The molecule has 4 atom stereocenters. The molecular weight excluding hydrogens is 462 g/mol. The first-order chi connectivity index (χ1) is 18.1. The monoisotopic (exact) mass is 491 g/mol. The minimum Gasteiger partial charge on any atom is -0.468 e. The molecule has 186 valence electrons. The van der Waals surface area contributed by atoms with E-state index in [-0.39, 0.29) is 6.54 Å². The number of fused-ring (bicyclic) bond motifs is 3. The van der Waals surface area contributed by atoms with E-state index in [2.05, 4.69) is 41.3 Å². The number of carbonyl (C=O) groups excluding carboxylic acids is 1. The molecule has 0 spiro atoms. The van der Waals surface area contributed by atoms with Crippen molar-refractivity contribution >= 4 is 5.97 Å². The summed E-state index contributed by atoms with van der Waals surface area (Å²) in [6.07, 6.45) is -2.01. The van der Waals surface area contributed by atoms with Crippen LogP contribution in [0.25, 0.3) is 11.1 Å². The molecule has 2 aliphatic rings. The number of aliphatic hydroxyl groups is 2. The molecule has 5 nitrogen and oxygen atoms in total. The van der Waals surface area contributed by atoms with Crippen molar-refractivity contribution in [3.63, 3.8) is 0 Å². The molecule has 1 saturated heterocycles. The van der Waals surface area contributed by atoms with Crippen molar-refractivity contribution in [2.75, 3.05) is 13.7 Å². The number of carbonyl (C=O) groups is 1. The summed E-state index contributed by atoms with van der Waals surface area (Å²) in [4.78, 5) is 15.6. The summed E-state index contributed by atoms with van der Waals surface area (Å²) in [6.45, 7) is 0.186. The van der Waals surface area contributed by atoms with Crippen LogP contribution in [0.3, 0.4) is 0 Å². The summed E-state index contributed by atoms with van der Waals surface area (Å²) in [5.41, 5.74) is 5.04. The third-order valence-corrected chi connectivity index (χ3v) is 8.02. The fraction of sp³-hybridized carbons (Fsp3) is 0.219. The zero-order chi connectivity index (χ0) is 25.6. The highest BCUT2D eigenvalue weighted by atomic mass is 16.5. The number of hydrogen-bond acceptors (Lipinski definition) is 5. The van der Waals surface area contributed by atoms with E-state index in [1.165, 1.54) is 7.11 Å². The van der Waals surface area contributed by atoms with E-state index in [1.54, 1.807) is 0 Å². The molecule has 1 fully saturated rings. The van der Waals surface area contributed by atoms with Gasteiger partial charge in [0.2, 0.25) is 0 Å². The van der Waals surface area contributed by atoms with E-state index in [1.807, 2.05) is 72.8 Å². The van der Waals surface area contributed by atoms with Gasteiger partial charge in [-0.15, -0.1) is 0 Å². The second kappa shape index (κ2) is 9.27. The highest BCUT2D eigenvalue weighted by Gasteiger charge is 2.60. The number of nitrogens with zero attached hydrogens (tertiary/aromatic N) is 1. The van der Waals surface area contributed by atoms with Crippen molar-refractivity contribution in [1.29, 1.82) is 0 Å². The lowest BCUT2D eigenvalue weighted by Gasteiger charge is -2.44. The smallest absolute Gasteiger partial charge is 0.323 e. The molecule has 1 heterocycles. The predicted molar refractivity (Wildman–Crippen MR) is 142 cm³/mol. The third-order valence-electron chi connectivity index (χ3n) is 8.02. The molecule has 0 amide bonds. The highest BCUT2D eigenvalue weighted by molar-refractivity contribution is 5.85. The van der Waals surface area contributed by atoms with Crippen LogP contribution in [-0.2, 0) is 15.1 Å².